The fraction of sp³-hybridized carbons (Fsp3) is 0.562. The van der Waals surface area contributed by atoms with Gasteiger partial charge in [-0.1, -0.05) is 25.3 Å². The molecule has 0 atom stereocenters. The summed E-state index contributed by atoms with van der Waals surface area (Å²) in [4.78, 5) is 4.44. The number of hydrogen-bond acceptors (Lipinski definition) is 3. The molecule has 19 heavy (non-hydrogen) atoms. The van der Waals surface area contributed by atoms with E-state index in [1.165, 1.54) is 37.7 Å². The number of rotatable bonds is 2. The predicted octanol–water partition coefficient (Wildman–Crippen LogP) is 3.10. The maximum absolute atomic E-state index is 10.3. The minimum atomic E-state index is 0.382. The molecule has 1 fully saturated rings. The van der Waals surface area contributed by atoms with Crippen LogP contribution < -0.4 is 5.32 Å². The second-order valence-corrected chi connectivity index (χ2v) is 5.73. The quantitative estimate of drug-likeness (QED) is 0.856. The molecule has 1 heterocycles. The SMILES string of the molecule is Cc1cc(C2CCCCC2)cc(C2=NCCN2)c1O. The maximum atomic E-state index is 10.3. The zero-order chi connectivity index (χ0) is 13.2. The average Bonchev–Trinajstić information content (AvgIpc) is 2.96. The van der Waals surface area contributed by atoms with Crippen LogP contribution in [-0.4, -0.2) is 24.0 Å². The molecule has 1 aromatic rings. The van der Waals surface area contributed by atoms with Crippen LogP contribution in [0.15, 0.2) is 17.1 Å². The molecule has 3 heteroatoms. The van der Waals surface area contributed by atoms with Crippen LogP contribution in [0.1, 0.15) is 54.7 Å². The molecule has 0 spiro atoms. The Kier molecular flexibility index (Phi) is 3.45. The van der Waals surface area contributed by atoms with Crippen LogP contribution in [0.3, 0.4) is 0 Å². The molecule has 1 aliphatic carbocycles. The number of phenolic OH excluding ortho intramolecular Hbond substituents is 1. The first-order valence-corrected chi connectivity index (χ1v) is 7.38. The Morgan fingerprint density at radius 2 is 2.00 bits per heavy atom. The van der Waals surface area contributed by atoms with E-state index in [1.807, 2.05) is 6.92 Å². The zero-order valence-electron chi connectivity index (χ0n) is 11.6. The van der Waals surface area contributed by atoms with Crippen LogP contribution in [0, 0.1) is 6.92 Å². The molecule has 102 valence electrons. The van der Waals surface area contributed by atoms with E-state index in [-0.39, 0.29) is 0 Å². The van der Waals surface area contributed by atoms with Gasteiger partial charge in [0.05, 0.1) is 12.1 Å². The number of aliphatic imine (C=N–C) groups is 1. The van der Waals surface area contributed by atoms with E-state index in [1.54, 1.807) is 0 Å². The Morgan fingerprint density at radius 3 is 2.68 bits per heavy atom. The van der Waals surface area contributed by atoms with E-state index in [0.29, 0.717) is 11.7 Å². The summed E-state index contributed by atoms with van der Waals surface area (Å²) in [7, 11) is 0. The van der Waals surface area contributed by atoms with Crippen LogP contribution in [0.4, 0.5) is 0 Å². The Morgan fingerprint density at radius 1 is 1.21 bits per heavy atom. The lowest BCUT2D eigenvalue weighted by molar-refractivity contribution is 0.441. The summed E-state index contributed by atoms with van der Waals surface area (Å²) >= 11 is 0. The van der Waals surface area contributed by atoms with Crippen LogP contribution in [0.25, 0.3) is 0 Å². The molecule has 0 amide bonds. The number of amidine groups is 1. The van der Waals surface area contributed by atoms with Gasteiger partial charge in [0.2, 0.25) is 0 Å². The third-order valence-corrected chi connectivity index (χ3v) is 4.33. The van der Waals surface area contributed by atoms with Crippen molar-refractivity contribution in [2.24, 2.45) is 4.99 Å². The third-order valence-electron chi connectivity index (χ3n) is 4.33. The molecule has 3 rings (SSSR count). The van der Waals surface area contributed by atoms with Crippen LogP contribution in [-0.2, 0) is 0 Å². The van der Waals surface area contributed by atoms with Gasteiger partial charge in [0.15, 0.2) is 0 Å². The zero-order valence-corrected chi connectivity index (χ0v) is 11.6. The van der Waals surface area contributed by atoms with Gasteiger partial charge in [-0.25, -0.2) is 0 Å². The number of aryl methyl sites for hydroxylation is 1. The first-order valence-electron chi connectivity index (χ1n) is 7.38. The lowest BCUT2D eigenvalue weighted by Crippen LogP contribution is -2.20. The standard InChI is InChI=1S/C16H22N2O/c1-11-9-13(12-5-3-2-4-6-12)10-14(15(11)19)16-17-7-8-18-16/h9-10,12,19H,2-8H2,1H3,(H,17,18). The van der Waals surface area contributed by atoms with Crippen LogP contribution in [0.5, 0.6) is 5.75 Å². The Balaban J connectivity index is 1.97. The third kappa shape index (κ3) is 2.46. The highest BCUT2D eigenvalue weighted by Crippen LogP contribution is 2.36. The summed E-state index contributed by atoms with van der Waals surface area (Å²) in [5.74, 6) is 1.90. The van der Waals surface area contributed by atoms with E-state index < -0.39 is 0 Å². The van der Waals surface area contributed by atoms with E-state index in [9.17, 15) is 5.11 Å². The Bertz CT molecular complexity index is 502. The van der Waals surface area contributed by atoms with Gasteiger partial charge in [-0.05, 0) is 42.9 Å². The molecule has 0 radical (unpaired) electrons. The molecule has 1 saturated carbocycles. The van der Waals surface area contributed by atoms with Crippen molar-refractivity contribution in [3.63, 3.8) is 0 Å². The number of nitrogens with one attached hydrogen (secondary N) is 1. The highest BCUT2D eigenvalue weighted by Gasteiger charge is 2.20. The molecule has 0 bridgehead atoms. The number of phenols is 1. The number of aromatic hydroxyl groups is 1. The topological polar surface area (TPSA) is 44.6 Å². The molecule has 0 aromatic heterocycles. The summed E-state index contributed by atoms with van der Waals surface area (Å²) < 4.78 is 0. The summed E-state index contributed by atoms with van der Waals surface area (Å²) in [6.07, 6.45) is 6.60. The molecule has 0 unspecified atom stereocenters. The molecule has 2 aliphatic rings. The lowest BCUT2D eigenvalue weighted by Gasteiger charge is -2.23. The van der Waals surface area contributed by atoms with E-state index in [0.717, 1.165) is 30.1 Å². The number of hydrogen-bond donors (Lipinski definition) is 2. The Labute approximate surface area is 114 Å². The smallest absolute Gasteiger partial charge is 0.132 e. The van der Waals surface area contributed by atoms with Gasteiger partial charge in [0, 0.05) is 6.54 Å². The molecule has 2 N–H and O–H groups in total. The van der Waals surface area contributed by atoms with Gasteiger partial charge < -0.3 is 10.4 Å². The van der Waals surface area contributed by atoms with Gasteiger partial charge >= 0.3 is 0 Å². The number of benzene rings is 1. The average molecular weight is 258 g/mol. The fourth-order valence-corrected chi connectivity index (χ4v) is 3.24. The molecule has 3 nitrogen and oxygen atoms in total. The van der Waals surface area contributed by atoms with Crippen molar-refractivity contribution < 1.29 is 5.11 Å². The van der Waals surface area contributed by atoms with Gasteiger partial charge in [-0.15, -0.1) is 0 Å². The predicted molar refractivity (Wildman–Crippen MR) is 78.1 cm³/mol. The van der Waals surface area contributed by atoms with Crippen molar-refractivity contribution in [1.29, 1.82) is 0 Å². The largest absolute Gasteiger partial charge is 0.507 e. The van der Waals surface area contributed by atoms with Gasteiger partial charge in [-0.3, -0.25) is 4.99 Å². The highest BCUT2D eigenvalue weighted by molar-refractivity contribution is 6.02. The molecule has 1 aliphatic heterocycles. The molecular formula is C16H22N2O. The second-order valence-electron chi connectivity index (χ2n) is 5.73. The maximum Gasteiger partial charge on any atom is 0.132 e. The summed E-state index contributed by atoms with van der Waals surface area (Å²) in [5.41, 5.74) is 3.23. The van der Waals surface area contributed by atoms with Crippen molar-refractivity contribution >= 4 is 5.84 Å². The first-order chi connectivity index (χ1) is 9.25. The van der Waals surface area contributed by atoms with E-state index >= 15 is 0 Å². The van der Waals surface area contributed by atoms with Crippen molar-refractivity contribution in [3.05, 3.63) is 28.8 Å². The van der Waals surface area contributed by atoms with Gasteiger partial charge in [-0.2, -0.15) is 0 Å². The fourth-order valence-electron chi connectivity index (χ4n) is 3.24. The molecule has 1 aromatic carbocycles. The normalized spacial score (nSPS) is 20.2. The van der Waals surface area contributed by atoms with Gasteiger partial charge in [0.1, 0.15) is 11.6 Å². The van der Waals surface area contributed by atoms with Crippen molar-refractivity contribution in [1.82, 2.24) is 5.32 Å². The minimum Gasteiger partial charge on any atom is -0.507 e. The molecular weight excluding hydrogens is 236 g/mol. The summed E-state index contributed by atoms with van der Waals surface area (Å²) in [5, 5.41) is 13.5. The van der Waals surface area contributed by atoms with E-state index in [2.05, 4.69) is 22.4 Å². The lowest BCUT2D eigenvalue weighted by atomic mass is 9.83. The summed E-state index contributed by atoms with van der Waals surface area (Å²) in [6, 6.07) is 4.31. The second kappa shape index (κ2) is 5.24. The van der Waals surface area contributed by atoms with Crippen LogP contribution in [0.2, 0.25) is 0 Å². The van der Waals surface area contributed by atoms with Gasteiger partial charge in [0.25, 0.3) is 0 Å². The number of nitrogens with zero attached hydrogens (tertiary/aromatic N) is 1. The van der Waals surface area contributed by atoms with Crippen molar-refractivity contribution in [3.8, 4) is 5.75 Å². The highest BCUT2D eigenvalue weighted by atomic mass is 16.3. The molecule has 0 saturated heterocycles. The minimum absolute atomic E-state index is 0.382. The van der Waals surface area contributed by atoms with Crippen molar-refractivity contribution in [2.45, 2.75) is 44.9 Å². The first kappa shape index (κ1) is 12.5. The van der Waals surface area contributed by atoms with Crippen molar-refractivity contribution in [2.75, 3.05) is 13.1 Å². The Hall–Kier alpha value is -1.51. The monoisotopic (exact) mass is 258 g/mol. The van der Waals surface area contributed by atoms with Crippen LogP contribution >= 0.6 is 0 Å². The van der Waals surface area contributed by atoms with E-state index in [4.69, 9.17) is 0 Å². The summed E-state index contributed by atoms with van der Waals surface area (Å²) in [6.45, 7) is 3.67.